The fraction of sp³-hybridized carbons (Fsp3) is 0.414. The maximum absolute atomic E-state index is 13.5. The molecule has 0 aliphatic carbocycles. The van der Waals surface area contributed by atoms with Crippen LogP contribution in [0.25, 0.3) is 10.4 Å². The van der Waals surface area contributed by atoms with E-state index < -0.39 is 0 Å². The maximum atomic E-state index is 13.5. The Kier molecular flexibility index (Phi) is 7.48. The van der Waals surface area contributed by atoms with Gasteiger partial charge in [0.15, 0.2) is 11.5 Å². The summed E-state index contributed by atoms with van der Waals surface area (Å²) in [7, 11) is 3.77. The molecular weight excluding hydrogens is 472 g/mol. The van der Waals surface area contributed by atoms with Crippen LogP contribution >= 0.6 is 11.3 Å². The highest BCUT2D eigenvalue weighted by molar-refractivity contribution is 7.15. The van der Waals surface area contributed by atoms with Crippen molar-refractivity contribution in [1.29, 1.82) is 0 Å². The van der Waals surface area contributed by atoms with Crippen LogP contribution in [0, 0.1) is 12.8 Å². The molecule has 7 heteroatoms. The molecule has 1 amide bonds. The molecule has 1 fully saturated rings. The van der Waals surface area contributed by atoms with Crippen molar-refractivity contribution < 1.29 is 19.0 Å². The number of piperidine rings is 1. The number of rotatable bonds is 6. The van der Waals surface area contributed by atoms with Crippen molar-refractivity contribution in [2.24, 2.45) is 5.92 Å². The third-order valence-electron chi connectivity index (χ3n) is 6.95. The van der Waals surface area contributed by atoms with Crippen LogP contribution in [0.15, 0.2) is 48.5 Å². The number of thiophene rings is 1. The highest BCUT2D eigenvalue weighted by Gasteiger charge is 2.27. The lowest BCUT2D eigenvalue weighted by Gasteiger charge is -2.29. The molecule has 0 spiro atoms. The lowest BCUT2D eigenvalue weighted by atomic mass is 9.99. The third kappa shape index (κ3) is 5.37. The van der Waals surface area contributed by atoms with Gasteiger partial charge in [-0.15, -0.1) is 11.3 Å². The molecule has 1 saturated heterocycles. The van der Waals surface area contributed by atoms with Gasteiger partial charge in [0.2, 0.25) is 0 Å². The van der Waals surface area contributed by atoms with Crippen LogP contribution in [0.1, 0.15) is 33.6 Å². The number of aryl methyl sites for hydroxylation is 1. The lowest BCUT2D eigenvalue weighted by molar-refractivity contribution is 0.0729. The van der Waals surface area contributed by atoms with Crippen molar-refractivity contribution in [3.8, 4) is 27.7 Å². The topological polar surface area (TPSA) is 51.2 Å². The van der Waals surface area contributed by atoms with Gasteiger partial charge in [0.05, 0.1) is 25.8 Å². The highest BCUT2D eigenvalue weighted by atomic mass is 32.1. The summed E-state index contributed by atoms with van der Waals surface area (Å²) >= 11 is 1.76. The molecule has 190 valence electrons. The van der Waals surface area contributed by atoms with E-state index in [2.05, 4.69) is 43.1 Å². The number of carbonyl (C=O) groups is 1. The molecule has 6 nitrogen and oxygen atoms in total. The summed E-state index contributed by atoms with van der Waals surface area (Å²) in [6, 6.07) is 15.9. The van der Waals surface area contributed by atoms with Crippen molar-refractivity contribution >= 4 is 17.2 Å². The van der Waals surface area contributed by atoms with Crippen LogP contribution < -0.4 is 14.2 Å². The number of hydrogen-bond acceptors (Lipinski definition) is 6. The summed E-state index contributed by atoms with van der Waals surface area (Å²) in [6.07, 6.45) is 2.38. The van der Waals surface area contributed by atoms with Crippen LogP contribution in [0.4, 0.5) is 0 Å². The standard InChI is InChI=1S/C29H34N2O4S/c1-20-10-11-27(36-20)22-15-23-18-31(29(32)24-8-4-5-9-25(24)33-3)13-14-34-28(23)26(16-22)35-19-21-7-6-12-30(2)17-21/h4-5,8-11,15-16,21H,6-7,12-14,17-19H2,1-3H3/t21-/m1/s1. The molecule has 0 N–H and O–H groups in total. The molecule has 5 rings (SSSR count). The summed E-state index contributed by atoms with van der Waals surface area (Å²) in [4.78, 5) is 20.2. The monoisotopic (exact) mass is 506 g/mol. The van der Waals surface area contributed by atoms with Crippen molar-refractivity contribution in [2.45, 2.75) is 26.3 Å². The second kappa shape index (κ2) is 10.9. The van der Waals surface area contributed by atoms with Gasteiger partial charge in [-0.1, -0.05) is 12.1 Å². The van der Waals surface area contributed by atoms with E-state index >= 15 is 0 Å². The number of fused-ring (bicyclic) bond motifs is 1. The Morgan fingerprint density at radius 3 is 2.78 bits per heavy atom. The SMILES string of the molecule is COc1ccccc1C(=O)N1CCOc2c(cc(-c3ccc(C)s3)cc2OC[C@@H]2CCCN(C)C2)C1. The van der Waals surface area contributed by atoms with Gasteiger partial charge < -0.3 is 24.0 Å². The minimum atomic E-state index is -0.0611. The van der Waals surface area contributed by atoms with Gasteiger partial charge in [-0.2, -0.15) is 0 Å². The summed E-state index contributed by atoms with van der Waals surface area (Å²) < 4.78 is 18.2. The summed E-state index contributed by atoms with van der Waals surface area (Å²) in [5, 5.41) is 0. The van der Waals surface area contributed by atoms with E-state index in [1.165, 1.54) is 22.6 Å². The predicted octanol–water partition coefficient (Wildman–Crippen LogP) is 5.49. The lowest BCUT2D eigenvalue weighted by Crippen LogP contribution is -2.34. The number of para-hydroxylation sites is 1. The van der Waals surface area contributed by atoms with E-state index in [1.54, 1.807) is 18.4 Å². The van der Waals surface area contributed by atoms with E-state index in [0.29, 0.717) is 43.5 Å². The molecule has 0 radical (unpaired) electrons. The van der Waals surface area contributed by atoms with Crippen LogP contribution in [0.5, 0.6) is 17.2 Å². The molecule has 36 heavy (non-hydrogen) atoms. The van der Waals surface area contributed by atoms with E-state index in [9.17, 15) is 4.79 Å². The van der Waals surface area contributed by atoms with Gasteiger partial charge in [-0.05, 0) is 75.3 Å². The number of benzene rings is 2. The Morgan fingerprint density at radius 2 is 2.00 bits per heavy atom. The fourth-order valence-corrected chi connectivity index (χ4v) is 5.96. The average Bonchev–Trinajstić information content (AvgIpc) is 3.21. The van der Waals surface area contributed by atoms with Gasteiger partial charge in [0.25, 0.3) is 5.91 Å². The van der Waals surface area contributed by atoms with Gasteiger partial charge in [0.1, 0.15) is 12.4 Å². The van der Waals surface area contributed by atoms with Crippen molar-refractivity contribution in [3.63, 3.8) is 0 Å². The first-order valence-electron chi connectivity index (χ1n) is 12.6. The molecule has 2 aliphatic rings. The normalized spacial score (nSPS) is 18.2. The molecule has 2 aromatic carbocycles. The first kappa shape index (κ1) is 24.7. The van der Waals surface area contributed by atoms with E-state index in [-0.39, 0.29) is 5.91 Å². The van der Waals surface area contributed by atoms with Crippen molar-refractivity contribution in [2.75, 3.05) is 47.0 Å². The summed E-state index contributed by atoms with van der Waals surface area (Å²) in [5.41, 5.74) is 2.62. The Morgan fingerprint density at radius 1 is 1.14 bits per heavy atom. The predicted molar refractivity (Wildman–Crippen MR) is 143 cm³/mol. The quantitative estimate of drug-likeness (QED) is 0.443. The van der Waals surface area contributed by atoms with Gasteiger partial charge in [-0.25, -0.2) is 0 Å². The molecule has 1 aromatic heterocycles. The Hall–Kier alpha value is -3.03. The van der Waals surface area contributed by atoms with E-state index in [4.69, 9.17) is 14.2 Å². The molecule has 3 aromatic rings. The zero-order chi connectivity index (χ0) is 25.1. The maximum Gasteiger partial charge on any atom is 0.258 e. The Bertz CT molecular complexity index is 1220. The largest absolute Gasteiger partial charge is 0.496 e. The second-order valence-corrected chi connectivity index (χ2v) is 11.0. The second-order valence-electron chi connectivity index (χ2n) is 9.73. The van der Waals surface area contributed by atoms with Crippen LogP contribution in [-0.2, 0) is 6.54 Å². The van der Waals surface area contributed by atoms with Crippen molar-refractivity contribution in [3.05, 3.63) is 64.5 Å². The summed E-state index contributed by atoms with van der Waals surface area (Å²) in [6.45, 7) is 6.33. The molecule has 3 heterocycles. The Balaban J connectivity index is 1.46. The molecule has 0 saturated carbocycles. The van der Waals surface area contributed by atoms with E-state index in [0.717, 1.165) is 35.7 Å². The number of likely N-dealkylation sites (tertiary alicyclic amines) is 1. The fourth-order valence-electron chi connectivity index (χ4n) is 5.10. The average molecular weight is 507 g/mol. The number of hydrogen-bond donors (Lipinski definition) is 0. The zero-order valence-electron chi connectivity index (χ0n) is 21.3. The van der Waals surface area contributed by atoms with Gasteiger partial charge in [-0.3, -0.25) is 4.79 Å². The molecule has 2 aliphatic heterocycles. The molecule has 1 atom stereocenters. The van der Waals surface area contributed by atoms with E-state index in [1.807, 2.05) is 29.2 Å². The minimum absolute atomic E-state index is 0.0611. The minimum Gasteiger partial charge on any atom is -0.496 e. The smallest absolute Gasteiger partial charge is 0.258 e. The number of methoxy groups -OCH3 is 1. The number of amides is 1. The number of ether oxygens (including phenoxy) is 3. The first-order chi connectivity index (χ1) is 17.5. The van der Waals surface area contributed by atoms with Crippen molar-refractivity contribution in [1.82, 2.24) is 9.80 Å². The number of nitrogens with zero attached hydrogens (tertiary/aromatic N) is 2. The summed E-state index contributed by atoms with van der Waals surface area (Å²) in [5.74, 6) is 2.55. The molecule has 0 unspecified atom stereocenters. The van der Waals surface area contributed by atoms with Gasteiger partial charge in [0, 0.05) is 34.3 Å². The van der Waals surface area contributed by atoms with Gasteiger partial charge >= 0.3 is 0 Å². The first-order valence-corrected chi connectivity index (χ1v) is 13.4. The Labute approximate surface area is 217 Å². The van der Waals surface area contributed by atoms with Crippen LogP contribution in [0.2, 0.25) is 0 Å². The third-order valence-corrected chi connectivity index (χ3v) is 8.00. The highest BCUT2D eigenvalue weighted by Crippen LogP contribution is 2.41. The zero-order valence-corrected chi connectivity index (χ0v) is 22.1. The molecular formula is C29H34N2O4S. The van der Waals surface area contributed by atoms with Crippen LogP contribution in [0.3, 0.4) is 0 Å². The number of carbonyl (C=O) groups excluding carboxylic acids is 1. The van der Waals surface area contributed by atoms with Crippen LogP contribution in [-0.4, -0.2) is 62.7 Å². The molecule has 0 bridgehead atoms.